The number of aryl methyl sites for hydroxylation is 1. The fourth-order valence-corrected chi connectivity index (χ4v) is 5.31. The molecule has 0 saturated carbocycles. The Morgan fingerprint density at radius 2 is 2.04 bits per heavy atom. The number of aromatic nitrogens is 3. The highest BCUT2D eigenvalue weighted by molar-refractivity contribution is 7.26. The van der Waals surface area contributed by atoms with Gasteiger partial charge in [0.1, 0.15) is 22.7 Å². The Bertz CT molecular complexity index is 1120. The molecule has 1 aliphatic rings. The van der Waals surface area contributed by atoms with Gasteiger partial charge in [-0.25, -0.2) is 15.0 Å². The largest absolute Gasteiger partial charge is 0.463 e. The maximum absolute atomic E-state index is 5.71. The second-order valence-corrected chi connectivity index (χ2v) is 8.42. The number of hydrogen-bond acceptors (Lipinski definition) is 6. The van der Waals surface area contributed by atoms with E-state index in [2.05, 4.69) is 22.2 Å². The van der Waals surface area contributed by atoms with E-state index in [1.54, 1.807) is 23.9 Å². The standard InChI is InChI=1S/C22H24N4OS/c1-2-3-6-11-23-21-20-19(24-13-25-21)17-14-8-4-5-9-15(14)18(26-22(17)28-20)16-10-7-12-27-16/h7,10,12-13H,2-6,8-9,11H2,1H3,(H,23,24,25). The first-order chi connectivity index (χ1) is 13.9. The molecule has 0 radical (unpaired) electrons. The Balaban J connectivity index is 1.68. The van der Waals surface area contributed by atoms with Crippen molar-refractivity contribution in [2.45, 2.75) is 51.9 Å². The Kier molecular flexibility index (Phi) is 4.72. The normalized spacial score (nSPS) is 13.9. The molecule has 4 aromatic rings. The average Bonchev–Trinajstić information content (AvgIpc) is 3.38. The van der Waals surface area contributed by atoms with Gasteiger partial charge in [0.05, 0.1) is 16.5 Å². The van der Waals surface area contributed by atoms with Gasteiger partial charge >= 0.3 is 0 Å². The van der Waals surface area contributed by atoms with Crippen LogP contribution in [0.25, 0.3) is 31.9 Å². The third kappa shape index (κ3) is 2.96. The molecule has 1 N–H and O–H groups in total. The van der Waals surface area contributed by atoms with Crippen LogP contribution in [-0.4, -0.2) is 21.5 Å². The predicted octanol–water partition coefficient (Wildman–Crippen LogP) is 5.98. The van der Waals surface area contributed by atoms with Gasteiger partial charge < -0.3 is 9.73 Å². The number of nitrogens with one attached hydrogen (secondary N) is 1. The molecule has 4 aromatic heterocycles. The minimum atomic E-state index is 0.863. The van der Waals surface area contributed by atoms with Crippen molar-refractivity contribution in [2.24, 2.45) is 0 Å². The molecule has 5 nitrogen and oxygen atoms in total. The van der Waals surface area contributed by atoms with Crippen LogP contribution in [0.15, 0.2) is 29.1 Å². The lowest BCUT2D eigenvalue weighted by atomic mass is 9.88. The summed E-state index contributed by atoms with van der Waals surface area (Å²) in [5.41, 5.74) is 4.79. The van der Waals surface area contributed by atoms with E-state index in [1.807, 2.05) is 12.1 Å². The van der Waals surface area contributed by atoms with E-state index in [9.17, 15) is 0 Å². The summed E-state index contributed by atoms with van der Waals surface area (Å²) in [4.78, 5) is 15.3. The van der Waals surface area contributed by atoms with Crippen molar-refractivity contribution in [1.29, 1.82) is 0 Å². The van der Waals surface area contributed by atoms with Gasteiger partial charge in [0.2, 0.25) is 0 Å². The van der Waals surface area contributed by atoms with Gasteiger partial charge in [-0.3, -0.25) is 0 Å². The molecule has 4 heterocycles. The van der Waals surface area contributed by atoms with Crippen molar-refractivity contribution in [3.05, 3.63) is 35.9 Å². The van der Waals surface area contributed by atoms with E-state index in [1.165, 1.54) is 42.2 Å². The summed E-state index contributed by atoms with van der Waals surface area (Å²) in [5, 5.41) is 4.74. The summed E-state index contributed by atoms with van der Waals surface area (Å²) in [6.45, 7) is 3.16. The van der Waals surface area contributed by atoms with Gasteiger partial charge in [0.15, 0.2) is 5.76 Å². The molecule has 0 aromatic carbocycles. The molecule has 0 spiro atoms. The highest BCUT2D eigenvalue weighted by Crippen LogP contribution is 2.42. The fourth-order valence-electron chi connectivity index (χ4n) is 4.18. The van der Waals surface area contributed by atoms with Crippen molar-refractivity contribution < 1.29 is 4.42 Å². The molecule has 0 saturated heterocycles. The van der Waals surface area contributed by atoms with Crippen molar-refractivity contribution in [3.63, 3.8) is 0 Å². The minimum Gasteiger partial charge on any atom is -0.463 e. The second-order valence-electron chi connectivity index (χ2n) is 7.42. The Morgan fingerprint density at radius 1 is 1.14 bits per heavy atom. The van der Waals surface area contributed by atoms with Gasteiger partial charge in [0, 0.05) is 11.9 Å². The maximum Gasteiger partial charge on any atom is 0.152 e. The van der Waals surface area contributed by atoms with Crippen molar-refractivity contribution in [1.82, 2.24) is 15.0 Å². The number of rotatable bonds is 6. The molecule has 0 amide bonds. The van der Waals surface area contributed by atoms with Gasteiger partial charge in [-0.2, -0.15) is 0 Å². The van der Waals surface area contributed by atoms with E-state index >= 15 is 0 Å². The first-order valence-corrected chi connectivity index (χ1v) is 11.0. The third-order valence-corrected chi connectivity index (χ3v) is 6.63. The summed E-state index contributed by atoms with van der Waals surface area (Å²) in [6.07, 6.45) is 11.6. The van der Waals surface area contributed by atoms with Crippen LogP contribution in [0.3, 0.4) is 0 Å². The summed E-state index contributed by atoms with van der Waals surface area (Å²) in [7, 11) is 0. The van der Waals surface area contributed by atoms with Crippen LogP contribution in [0.5, 0.6) is 0 Å². The van der Waals surface area contributed by atoms with E-state index in [4.69, 9.17) is 9.40 Å². The average molecular weight is 393 g/mol. The lowest BCUT2D eigenvalue weighted by Gasteiger charge is -2.19. The number of unbranched alkanes of at least 4 members (excludes halogenated alkanes) is 2. The number of anilines is 1. The predicted molar refractivity (Wildman–Crippen MR) is 115 cm³/mol. The van der Waals surface area contributed by atoms with Gasteiger partial charge in [-0.15, -0.1) is 11.3 Å². The molecule has 0 aliphatic heterocycles. The first-order valence-electron chi connectivity index (χ1n) is 10.2. The summed E-state index contributed by atoms with van der Waals surface area (Å²) in [6, 6.07) is 3.95. The van der Waals surface area contributed by atoms with Crippen LogP contribution < -0.4 is 5.32 Å². The molecule has 0 unspecified atom stereocenters. The fraction of sp³-hybridized carbons (Fsp3) is 0.409. The summed E-state index contributed by atoms with van der Waals surface area (Å²) in [5.74, 6) is 1.80. The Hall–Kier alpha value is -2.47. The van der Waals surface area contributed by atoms with E-state index in [0.29, 0.717) is 0 Å². The molecule has 5 rings (SSSR count). The minimum absolute atomic E-state index is 0.863. The Labute approximate surface area is 168 Å². The van der Waals surface area contributed by atoms with Crippen molar-refractivity contribution in [3.8, 4) is 11.5 Å². The number of pyridine rings is 1. The lowest BCUT2D eigenvalue weighted by molar-refractivity contribution is 0.577. The van der Waals surface area contributed by atoms with Crippen molar-refractivity contribution in [2.75, 3.05) is 11.9 Å². The van der Waals surface area contributed by atoms with E-state index in [0.717, 1.165) is 58.1 Å². The summed E-state index contributed by atoms with van der Waals surface area (Å²) >= 11 is 1.70. The number of nitrogens with zero attached hydrogens (tertiary/aromatic N) is 3. The monoisotopic (exact) mass is 392 g/mol. The van der Waals surface area contributed by atoms with Crippen LogP contribution in [0.1, 0.15) is 50.2 Å². The molecule has 0 bridgehead atoms. The second kappa shape index (κ2) is 7.51. The van der Waals surface area contributed by atoms with Crippen LogP contribution in [-0.2, 0) is 12.8 Å². The molecule has 144 valence electrons. The molecule has 0 atom stereocenters. The van der Waals surface area contributed by atoms with Gasteiger partial charge in [0.25, 0.3) is 0 Å². The van der Waals surface area contributed by atoms with Crippen LogP contribution in [0, 0.1) is 0 Å². The highest BCUT2D eigenvalue weighted by Gasteiger charge is 2.24. The number of fused-ring (bicyclic) bond motifs is 5. The third-order valence-electron chi connectivity index (χ3n) is 5.55. The van der Waals surface area contributed by atoms with Crippen LogP contribution in [0.2, 0.25) is 0 Å². The molecule has 0 fully saturated rings. The van der Waals surface area contributed by atoms with Crippen LogP contribution >= 0.6 is 11.3 Å². The smallest absolute Gasteiger partial charge is 0.152 e. The molecule has 28 heavy (non-hydrogen) atoms. The highest BCUT2D eigenvalue weighted by atomic mass is 32.1. The summed E-state index contributed by atoms with van der Waals surface area (Å²) < 4.78 is 6.83. The maximum atomic E-state index is 5.71. The van der Waals surface area contributed by atoms with Gasteiger partial charge in [-0.1, -0.05) is 19.8 Å². The number of hydrogen-bond donors (Lipinski definition) is 1. The lowest BCUT2D eigenvalue weighted by Crippen LogP contribution is -2.07. The molecular formula is C22H24N4OS. The number of thiophene rings is 1. The zero-order valence-corrected chi connectivity index (χ0v) is 16.9. The topological polar surface area (TPSA) is 63.8 Å². The van der Waals surface area contributed by atoms with Crippen LogP contribution in [0.4, 0.5) is 5.82 Å². The number of furan rings is 1. The van der Waals surface area contributed by atoms with Crippen molar-refractivity contribution >= 4 is 37.6 Å². The molecular weight excluding hydrogens is 368 g/mol. The molecule has 1 aliphatic carbocycles. The quantitative estimate of drug-likeness (QED) is 0.409. The molecule has 6 heteroatoms. The SMILES string of the molecule is CCCCCNc1ncnc2c1sc1nc(-c3ccco3)c3c(c12)CCCC3. The zero-order chi connectivity index (χ0) is 18.9. The van der Waals surface area contributed by atoms with Gasteiger partial charge in [-0.05, 0) is 55.4 Å². The Morgan fingerprint density at radius 3 is 2.86 bits per heavy atom. The van der Waals surface area contributed by atoms with E-state index in [-0.39, 0.29) is 0 Å². The van der Waals surface area contributed by atoms with E-state index < -0.39 is 0 Å². The first kappa shape index (κ1) is 17.6. The zero-order valence-electron chi connectivity index (χ0n) is 16.1.